The molecule has 2 saturated carbocycles. The third-order valence-corrected chi connectivity index (χ3v) is 6.63. The fourth-order valence-electron chi connectivity index (χ4n) is 3.81. The Kier molecular flexibility index (Phi) is 3.45. The zero-order chi connectivity index (χ0) is 16.3. The van der Waals surface area contributed by atoms with Crippen LogP contribution in [0.4, 0.5) is 0 Å². The third kappa shape index (κ3) is 2.28. The number of hydroxylamine groups is 2. The Morgan fingerprint density at radius 1 is 1.18 bits per heavy atom. The summed E-state index contributed by atoms with van der Waals surface area (Å²) in [5, 5.41) is 0.354. The minimum Gasteiger partial charge on any atom is -0.299 e. The van der Waals surface area contributed by atoms with E-state index in [4.69, 9.17) is 4.28 Å². The molecule has 22 heavy (non-hydrogen) atoms. The molecule has 0 N–H and O–H groups in total. The molecule has 0 spiro atoms. The highest BCUT2D eigenvalue weighted by atomic mass is 32.2. The molecule has 0 aromatic heterocycles. The number of carbonyl (C=O) groups is 3. The predicted octanol–water partition coefficient (Wildman–Crippen LogP) is 0.648. The maximum absolute atomic E-state index is 12.3. The van der Waals surface area contributed by atoms with Gasteiger partial charge in [0.05, 0.1) is 5.75 Å². The number of ketones is 1. The van der Waals surface area contributed by atoms with Crippen molar-refractivity contribution in [2.75, 3.05) is 5.75 Å². The molecule has 1 aliphatic heterocycles. The molecule has 0 radical (unpaired) electrons. The van der Waals surface area contributed by atoms with Crippen LogP contribution in [0.5, 0.6) is 0 Å². The van der Waals surface area contributed by atoms with Gasteiger partial charge in [-0.1, -0.05) is 13.8 Å². The van der Waals surface area contributed by atoms with Gasteiger partial charge >= 0.3 is 0 Å². The van der Waals surface area contributed by atoms with Crippen LogP contribution in [0.1, 0.15) is 39.5 Å². The number of imide groups is 1. The molecule has 8 heteroatoms. The second-order valence-electron chi connectivity index (χ2n) is 6.84. The van der Waals surface area contributed by atoms with Gasteiger partial charge in [-0.25, -0.2) is 0 Å². The summed E-state index contributed by atoms with van der Waals surface area (Å²) in [6.45, 7) is 3.11. The molecular weight excluding hydrogens is 310 g/mol. The van der Waals surface area contributed by atoms with Crippen molar-refractivity contribution >= 4 is 27.7 Å². The van der Waals surface area contributed by atoms with E-state index < -0.39 is 44.9 Å². The highest BCUT2D eigenvalue weighted by Crippen LogP contribution is 2.52. The monoisotopic (exact) mass is 329 g/mol. The van der Waals surface area contributed by atoms with Crippen LogP contribution in [0.3, 0.4) is 0 Å². The lowest BCUT2D eigenvalue weighted by molar-refractivity contribution is -0.165. The minimum atomic E-state index is -4.17. The molecule has 7 nitrogen and oxygen atoms in total. The number of hydrogen-bond donors (Lipinski definition) is 0. The first-order valence-corrected chi connectivity index (χ1v) is 9.06. The molecule has 4 unspecified atom stereocenters. The van der Waals surface area contributed by atoms with Crippen molar-refractivity contribution in [3.8, 4) is 0 Å². The zero-order valence-electron chi connectivity index (χ0n) is 12.6. The highest BCUT2D eigenvalue weighted by Gasteiger charge is 2.55. The number of rotatable bonds is 4. The largest absolute Gasteiger partial charge is 0.299 e. The van der Waals surface area contributed by atoms with Gasteiger partial charge in [0.25, 0.3) is 21.9 Å². The van der Waals surface area contributed by atoms with Crippen LogP contribution in [0, 0.1) is 23.2 Å². The number of carbonyl (C=O) groups excluding carboxylic acids is 3. The van der Waals surface area contributed by atoms with Gasteiger partial charge in [0, 0.05) is 23.7 Å². The van der Waals surface area contributed by atoms with Gasteiger partial charge in [0.1, 0.15) is 5.78 Å². The molecule has 2 bridgehead atoms. The summed E-state index contributed by atoms with van der Waals surface area (Å²) in [6.07, 6.45) is 2.36. The molecule has 0 aromatic carbocycles. The molecule has 1 heterocycles. The van der Waals surface area contributed by atoms with Crippen molar-refractivity contribution < 1.29 is 27.1 Å². The van der Waals surface area contributed by atoms with E-state index >= 15 is 0 Å². The van der Waals surface area contributed by atoms with Gasteiger partial charge in [-0.05, 0) is 25.2 Å². The van der Waals surface area contributed by atoms with Gasteiger partial charge in [0.2, 0.25) is 0 Å². The van der Waals surface area contributed by atoms with Crippen LogP contribution in [0.2, 0.25) is 0 Å². The van der Waals surface area contributed by atoms with Gasteiger partial charge in [0.15, 0.2) is 0 Å². The Morgan fingerprint density at radius 3 is 2.23 bits per heavy atom. The van der Waals surface area contributed by atoms with E-state index in [1.807, 2.05) is 0 Å². The number of fused-ring (bicyclic) bond motifs is 2. The predicted molar refractivity (Wildman–Crippen MR) is 74.5 cm³/mol. The number of hydrogen-bond acceptors (Lipinski definition) is 6. The molecule has 2 amide bonds. The Balaban J connectivity index is 1.76. The average Bonchev–Trinajstić information content (AvgIpc) is 3.01. The quantitative estimate of drug-likeness (QED) is 0.702. The lowest BCUT2D eigenvalue weighted by Gasteiger charge is -2.25. The number of amides is 2. The summed E-state index contributed by atoms with van der Waals surface area (Å²) in [5.74, 6) is -2.75. The lowest BCUT2D eigenvalue weighted by atomic mass is 9.85. The molecule has 122 valence electrons. The second-order valence-corrected chi connectivity index (χ2v) is 8.39. The Morgan fingerprint density at radius 2 is 1.77 bits per heavy atom. The topological polar surface area (TPSA) is 97.8 Å². The lowest BCUT2D eigenvalue weighted by Crippen LogP contribution is -2.39. The molecule has 4 atom stereocenters. The van der Waals surface area contributed by atoms with E-state index in [2.05, 4.69) is 0 Å². The maximum Gasteiger partial charge on any atom is 0.289 e. The molecule has 2 aliphatic carbocycles. The van der Waals surface area contributed by atoms with Crippen LogP contribution >= 0.6 is 0 Å². The third-order valence-electron chi connectivity index (χ3n) is 5.35. The molecule has 1 saturated heterocycles. The van der Waals surface area contributed by atoms with Crippen molar-refractivity contribution in [1.82, 2.24) is 5.06 Å². The van der Waals surface area contributed by atoms with Crippen molar-refractivity contribution in [3.05, 3.63) is 0 Å². The zero-order valence-corrected chi connectivity index (χ0v) is 13.4. The van der Waals surface area contributed by atoms with Crippen LogP contribution in [0.25, 0.3) is 0 Å². The first-order chi connectivity index (χ1) is 10.2. The second kappa shape index (κ2) is 4.86. The van der Waals surface area contributed by atoms with Crippen LogP contribution in [-0.2, 0) is 28.8 Å². The SMILES string of the molecule is CC1C(=O)N(OS(=O)(=O)CC23CCC(CC2=O)C3)C(=O)C1C. The number of nitrogens with zero attached hydrogens (tertiary/aromatic N) is 1. The maximum atomic E-state index is 12.3. The van der Waals surface area contributed by atoms with Crippen molar-refractivity contribution in [2.24, 2.45) is 23.2 Å². The Hall–Kier alpha value is -1.28. The van der Waals surface area contributed by atoms with E-state index in [-0.39, 0.29) is 11.7 Å². The minimum absolute atomic E-state index is 0.0447. The van der Waals surface area contributed by atoms with E-state index in [1.165, 1.54) is 0 Å². The van der Waals surface area contributed by atoms with Gasteiger partial charge in [-0.3, -0.25) is 14.4 Å². The standard InChI is InChI=1S/C14H19NO6S/c1-8-9(2)13(18)15(12(8)17)21-22(19,20)7-14-4-3-10(6-14)5-11(14)16/h8-10H,3-7H2,1-2H3. The summed E-state index contributed by atoms with van der Waals surface area (Å²) in [6, 6.07) is 0. The normalized spacial score (nSPS) is 38.4. The average molecular weight is 329 g/mol. The highest BCUT2D eigenvalue weighted by molar-refractivity contribution is 7.86. The molecule has 0 aromatic rings. The first kappa shape index (κ1) is 15.6. The van der Waals surface area contributed by atoms with Crippen LogP contribution < -0.4 is 0 Å². The van der Waals surface area contributed by atoms with E-state index in [0.29, 0.717) is 24.3 Å². The summed E-state index contributed by atoms with van der Waals surface area (Å²) in [5.41, 5.74) is -0.882. The summed E-state index contributed by atoms with van der Waals surface area (Å²) in [4.78, 5) is 35.9. The summed E-state index contributed by atoms with van der Waals surface area (Å²) in [7, 11) is -4.17. The molecule has 3 aliphatic rings. The van der Waals surface area contributed by atoms with Gasteiger partial charge in [-0.2, -0.15) is 8.42 Å². The Bertz CT molecular complexity index is 636. The molecular formula is C14H19NO6S. The van der Waals surface area contributed by atoms with Crippen LogP contribution in [-0.4, -0.2) is 36.8 Å². The van der Waals surface area contributed by atoms with Crippen molar-refractivity contribution in [1.29, 1.82) is 0 Å². The van der Waals surface area contributed by atoms with E-state index in [1.54, 1.807) is 13.8 Å². The molecule has 3 rings (SSSR count). The summed E-state index contributed by atoms with van der Waals surface area (Å²) < 4.78 is 29.3. The van der Waals surface area contributed by atoms with Gasteiger partial charge < -0.3 is 0 Å². The fraction of sp³-hybridized carbons (Fsp3) is 0.786. The van der Waals surface area contributed by atoms with E-state index in [9.17, 15) is 22.8 Å². The van der Waals surface area contributed by atoms with E-state index in [0.717, 1.165) is 6.42 Å². The Labute approximate surface area is 129 Å². The summed E-state index contributed by atoms with van der Waals surface area (Å²) >= 11 is 0. The molecule has 3 fully saturated rings. The number of Topliss-reactive ketones (excluding diaryl/α,β-unsaturated/α-hetero) is 1. The first-order valence-electron chi connectivity index (χ1n) is 7.49. The van der Waals surface area contributed by atoms with Crippen molar-refractivity contribution in [3.63, 3.8) is 0 Å². The van der Waals surface area contributed by atoms with Gasteiger partial charge in [-0.15, -0.1) is 9.35 Å². The fourth-order valence-corrected chi connectivity index (χ4v) is 5.34. The van der Waals surface area contributed by atoms with Crippen LogP contribution in [0.15, 0.2) is 0 Å². The van der Waals surface area contributed by atoms with Crippen molar-refractivity contribution in [2.45, 2.75) is 39.5 Å². The smallest absolute Gasteiger partial charge is 0.289 e.